The predicted octanol–water partition coefficient (Wildman–Crippen LogP) is 2.76. The molecule has 1 unspecified atom stereocenters. The first-order valence-electron chi connectivity index (χ1n) is 10.3. The average Bonchev–Trinajstić information content (AvgIpc) is 3.28. The number of hydrogen-bond donors (Lipinski definition) is 1. The van der Waals surface area contributed by atoms with E-state index in [-0.39, 0.29) is 17.9 Å². The van der Waals surface area contributed by atoms with Crippen LogP contribution >= 0.6 is 0 Å². The van der Waals surface area contributed by atoms with E-state index in [1.54, 1.807) is 0 Å². The van der Waals surface area contributed by atoms with Gasteiger partial charge in [-0.25, -0.2) is 4.98 Å². The quantitative estimate of drug-likeness (QED) is 0.903. The average molecular weight is 358 g/mol. The molecule has 1 N–H and O–H groups in total. The smallest absolute Gasteiger partial charge is 0.287 e. The van der Waals surface area contributed by atoms with Gasteiger partial charge in [0.2, 0.25) is 0 Å². The summed E-state index contributed by atoms with van der Waals surface area (Å²) in [5.41, 5.74) is 1.49. The van der Waals surface area contributed by atoms with Gasteiger partial charge in [-0.05, 0) is 50.9 Å². The second-order valence-electron chi connectivity index (χ2n) is 8.29. The Morgan fingerprint density at radius 3 is 2.62 bits per heavy atom. The first kappa shape index (κ1) is 17.6. The van der Waals surface area contributed by atoms with E-state index in [0.29, 0.717) is 17.4 Å². The van der Waals surface area contributed by atoms with Gasteiger partial charge in [0.1, 0.15) is 5.69 Å². The highest BCUT2D eigenvalue weighted by Crippen LogP contribution is 2.25. The van der Waals surface area contributed by atoms with E-state index >= 15 is 0 Å². The van der Waals surface area contributed by atoms with Crippen LogP contribution in [0.3, 0.4) is 0 Å². The second-order valence-corrected chi connectivity index (χ2v) is 8.29. The van der Waals surface area contributed by atoms with Gasteiger partial charge in [-0.2, -0.15) is 0 Å². The number of fused-ring (bicyclic) bond motifs is 1. The Bertz CT molecular complexity index is 690. The highest BCUT2D eigenvalue weighted by Gasteiger charge is 2.32. The number of hydrogen-bond acceptors (Lipinski definition) is 3. The summed E-state index contributed by atoms with van der Waals surface area (Å²) in [5, 5.41) is 3.14. The third-order valence-corrected chi connectivity index (χ3v) is 6.16. The third kappa shape index (κ3) is 3.38. The zero-order chi connectivity index (χ0) is 18.1. The van der Waals surface area contributed by atoms with Crippen molar-refractivity contribution in [2.45, 2.75) is 77.3 Å². The SMILES string of the molecule is CC1CCCN(C(=O)c2nc(C(=O)NC3CCCC3)n3c2CCCC3)C1. The highest BCUT2D eigenvalue weighted by molar-refractivity contribution is 5.97. The van der Waals surface area contributed by atoms with Gasteiger partial charge >= 0.3 is 0 Å². The fourth-order valence-electron chi connectivity index (χ4n) is 4.73. The number of likely N-dealkylation sites (tertiary alicyclic amines) is 1. The first-order valence-corrected chi connectivity index (χ1v) is 10.3. The van der Waals surface area contributed by atoms with Gasteiger partial charge in [0.05, 0.1) is 5.69 Å². The van der Waals surface area contributed by atoms with Gasteiger partial charge in [0, 0.05) is 25.7 Å². The van der Waals surface area contributed by atoms with Crippen LogP contribution in [0.5, 0.6) is 0 Å². The molecule has 26 heavy (non-hydrogen) atoms. The third-order valence-electron chi connectivity index (χ3n) is 6.16. The summed E-state index contributed by atoms with van der Waals surface area (Å²) >= 11 is 0. The lowest BCUT2D eigenvalue weighted by Crippen LogP contribution is -2.39. The minimum atomic E-state index is -0.105. The van der Waals surface area contributed by atoms with Crippen molar-refractivity contribution in [1.82, 2.24) is 19.8 Å². The first-order chi connectivity index (χ1) is 12.6. The maximum Gasteiger partial charge on any atom is 0.287 e. The fraction of sp³-hybridized carbons (Fsp3) is 0.750. The number of aromatic nitrogens is 2. The lowest BCUT2D eigenvalue weighted by Gasteiger charge is -2.30. The van der Waals surface area contributed by atoms with Crippen LogP contribution in [-0.2, 0) is 13.0 Å². The van der Waals surface area contributed by atoms with Gasteiger partial charge in [-0.15, -0.1) is 0 Å². The summed E-state index contributed by atoms with van der Waals surface area (Å²) < 4.78 is 2.01. The molecule has 1 saturated heterocycles. The lowest BCUT2D eigenvalue weighted by atomic mass is 9.99. The van der Waals surface area contributed by atoms with Crippen LogP contribution in [0.2, 0.25) is 0 Å². The number of piperidine rings is 1. The maximum atomic E-state index is 13.1. The van der Waals surface area contributed by atoms with Crippen molar-refractivity contribution >= 4 is 11.8 Å². The normalized spacial score (nSPS) is 23.7. The summed E-state index contributed by atoms with van der Waals surface area (Å²) in [7, 11) is 0. The van der Waals surface area contributed by atoms with Crippen molar-refractivity contribution in [3.8, 4) is 0 Å². The van der Waals surface area contributed by atoms with Crippen molar-refractivity contribution in [1.29, 1.82) is 0 Å². The topological polar surface area (TPSA) is 67.2 Å². The monoisotopic (exact) mass is 358 g/mol. The number of carbonyl (C=O) groups is 2. The van der Waals surface area contributed by atoms with Crippen molar-refractivity contribution in [2.24, 2.45) is 5.92 Å². The fourth-order valence-corrected chi connectivity index (χ4v) is 4.73. The Balaban J connectivity index is 1.59. The predicted molar refractivity (Wildman–Crippen MR) is 99.2 cm³/mol. The molecule has 6 nitrogen and oxygen atoms in total. The van der Waals surface area contributed by atoms with Crippen LogP contribution in [0.1, 0.15) is 85.1 Å². The van der Waals surface area contributed by atoms with E-state index in [2.05, 4.69) is 17.2 Å². The number of imidazole rings is 1. The van der Waals surface area contributed by atoms with Gasteiger partial charge in [0.25, 0.3) is 11.8 Å². The van der Waals surface area contributed by atoms with Crippen LogP contribution in [0.25, 0.3) is 0 Å². The molecule has 0 spiro atoms. The lowest BCUT2D eigenvalue weighted by molar-refractivity contribution is 0.0676. The molecule has 1 atom stereocenters. The Morgan fingerprint density at radius 2 is 1.85 bits per heavy atom. The molecule has 1 saturated carbocycles. The molecule has 6 heteroatoms. The number of amides is 2. The second kappa shape index (κ2) is 7.41. The van der Waals surface area contributed by atoms with Gasteiger partial charge in [0.15, 0.2) is 5.82 Å². The summed E-state index contributed by atoms with van der Waals surface area (Å²) in [6.07, 6.45) is 9.65. The molecule has 1 aromatic rings. The van der Waals surface area contributed by atoms with Crippen molar-refractivity contribution < 1.29 is 9.59 Å². The van der Waals surface area contributed by atoms with Crippen LogP contribution < -0.4 is 5.32 Å². The minimum absolute atomic E-state index is 0.0158. The summed E-state index contributed by atoms with van der Waals surface area (Å²) in [6.45, 7) is 4.59. The summed E-state index contributed by atoms with van der Waals surface area (Å²) in [5.74, 6) is 0.893. The van der Waals surface area contributed by atoms with Crippen LogP contribution in [0, 0.1) is 5.92 Å². The molecule has 2 aliphatic heterocycles. The van der Waals surface area contributed by atoms with Crippen LogP contribution in [-0.4, -0.2) is 45.4 Å². The van der Waals surface area contributed by atoms with Crippen molar-refractivity contribution in [3.05, 3.63) is 17.2 Å². The van der Waals surface area contributed by atoms with E-state index < -0.39 is 0 Å². The van der Waals surface area contributed by atoms with Crippen molar-refractivity contribution in [2.75, 3.05) is 13.1 Å². The molecule has 0 aromatic carbocycles. The Hall–Kier alpha value is -1.85. The molecular weight excluding hydrogens is 328 g/mol. The number of nitrogens with zero attached hydrogens (tertiary/aromatic N) is 3. The molecule has 142 valence electrons. The number of nitrogens with one attached hydrogen (secondary N) is 1. The molecule has 0 bridgehead atoms. The van der Waals surface area contributed by atoms with E-state index in [9.17, 15) is 9.59 Å². The maximum absolute atomic E-state index is 13.1. The molecule has 0 radical (unpaired) electrons. The van der Waals surface area contributed by atoms with Gasteiger partial charge in [-0.1, -0.05) is 19.8 Å². The van der Waals surface area contributed by atoms with Gasteiger partial charge < -0.3 is 14.8 Å². The van der Waals surface area contributed by atoms with E-state index in [1.807, 2.05) is 9.47 Å². The molecule has 2 fully saturated rings. The molecule has 4 rings (SSSR count). The number of carbonyl (C=O) groups excluding carboxylic acids is 2. The minimum Gasteiger partial charge on any atom is -0.347 e. The van der Waals surface area contributed by atoms with Crippen LogP contribution in [0.4, 0.5) is 0 Å². The molecule has 3 aliphatic rings. The Kier molecular flexibility index (Phi) is 5.00. The van der Waals surface area contributed by atoms with E-state index in [1.165, 1.54) is 19.3 Å². The van der Waals surface area contributed by atoms with E-state index in [0.717, 1.165) is 63.9 Å². The van der Waals surface area contributed by atoms with Crippen LogP contribution in [0.15, 0.2) is 0 Å². The van der Waals surface area contributed by atoms with Crippen molar-refractivity contribution in [3.63, 3.8) is 0 Å². The Morgan fingerprint density at radius 1 is 1.04 bits per heavy atom. The molecule has 1 aliphatic carbocycles. The zero-order valence-electron chi connectivity index (χ0n) is 15.8. The molecular formula is C20H30N4O2. The Labute approximate surface area is 155 Å². The zero-order valence-corrected chi connectivity index (χ0v) is 15.8. The molecule has 1 aromatic heterocycles. The highest BCUT2D eigenvalue weighted by atomic mass is 16.2. The molecule has 2 amide bonds. The largest absolute Gasteiger partial charge is 0.347 e. The van der Waals surface area contributed by atoms with E-state index in [4.69, 9.17) is 0 Å². The van der Waals surface area contributed by atoms with Gasteiger partial charge in [-0.3, -0.25) is 9.59 Å². The standard InChI is InChI=1S/C20H30N4O2/c1-14-7-6-11-23(13-14)20(26)17-16-10-4-5-12-24(16)18(22-17)19(25)21-15-8-2-3-9-15/h14-15H,2-13H2,1H3,(H,21,25). The number of rotatable bonds is 3. The molecule has 3 heterocycles. The summed E-state index contributed by atoms with van der Waals surface area (Å²) in [6, 6.07) is 0.265. The summed E-state index contributed by atoms with van der Waals surface area (Å²) in [4.78, 5) is 32.5.